The maximum Gasteiger partial charge on any atom is 0.244 e. The fourth-order valence-electron chi connectivity index (χ4n) is 5.71. The number of sulfonamides is 1. The number of hydrogen-bond donors (Lipinski definition) is 1. The Morgan fingerprint density at radius 1 is 1.10 bits per heavy atom. The number of rotatable bonds is 8. The van der Waals surface area contributed by atoms with Crippen molar-refractivity contribution in [1.29, 1.82) is 0 Å². The van der Waals surface area contributed by atoms with Gasteiger partial charge in [-0.25, -0.2) is 22.5 Å². The molecule has 7 nitrogen and oxygen atoms in total. The molecule has 1 N–H and O–H groups in total. The van der Waals surface area contributed by atoms with Crippen molar-refractivity contribution in [3.05, 3.63) is 114 Å². The van der Waals surface area contributed by atoms with Gasteiger partial charge in [-0.05, 0) is 72.6 Å². The first-order valence-electron chi connectivity index (χ1n) is 13.5. The standard InChI is InChI=1S/C31H31FN4O3S/c1-35-17-16-33-30(35)20-36(31(37)26-19-24(26)21-8-3-2-4-9-21)23-15-14-22-10-7-12-28(25(22)18-23)34-40(38,39)29-13-6-5-11-27(29)32/h2-6,8-9,11,13-18,24,26,28,34H,7,10,12,19-20H2,1H3/t24-,26+,28-/m0/s1. The molecule has 2 aliphatic carbocycles. The van der Waals surface area contributed by atoms with Crippen LogP contribution in [0.1, 0.15) is 53.7 Å². The number of nitrogens with one attached hydrogen (secondary N) is 1. The first-order valence-corrected chi connectivity index (χ1v) is 15.0. The molecule has 4 aromatic rings. The lowest BCUT2D eigenvalue weighted by Gasteiger charge is -2.29. The molecular weight excluding hydrogens is 527 g/mol. The quantitative estimate of drug-likeness (QED) is 0.320. The van der Waals surface area contributed by atoms with E-state index in [0.29, 0.717) is 18.7 Å². The minimum Gasteiger partial charge on any atom is -0.337 e. The molecule has 0 radical (unpaired) electrons. The van der Waals surface area contributed by atoms with Crippen molar-refractivity contribution in [3.63, 3.8) is 0 Å². The van der Waals surface area contributed by atoms with Crippen molar-refractivity contribution in [1.82, 2.24) is 14.3 Å². The van der Waals surface area contributed by atoms with Crippen LogP contribution in [0.4, 0.5) is 10.1 Å². The molecular formula is C31H31FN4O3S. The van der Waals surface area contributed by atoms with E-state index in [2.05, 4.69) is 21.8 Å². The third-order valence-corrected chi connectivity index (χ3v) is 9.51. The van der Waals surface area contributed by atoms with Crippen molar-refractivity contribution >= 4 is 21.6 Å². The van der Waals surface area contributed by atoms with Gasteiger partial charge in [-0.15, -0.1) is 0 Å². The van der Waals surface area contributed by atoms with Gasteiger partial charge in [0.1, 0.15) is 16.5 Å². The Labute approximate surface area is 233 Å². The molecule has 1 heterocycles. The zero-order valence-corrected chi connectivity index (χ0v) is 23.0. The van der Waals surface area contributed by atoms with E-state index in [1.807, 2.05) is 54.2 Å². The lowest BCUT2D eigenvalue weighted by molar-refractivity contribution is -0.120. The molecule has 1 fully saturated rings. The van der Waals surface area contributed by atoms with E-state index in [-0.39, 0.29) is 22.6 Å². The van der Waals surface area contributed by atoms with Crippen LogP contribution in [0.5, 0.6) is 0 Å². The summed E-state index contributed by atoms with van der Waals surface area (Å²) >= 11 is 0. The minimum absolute atomic E-state index is 0.0242. The number of carbonyl (C=O) groups excluding carboxylic acids is 1. The SMILES string of the molecule is Cn1ccnc1CN(C(=O)[C@@H]1C[C@H]1c1ccccc1)c1ccc2c(c1)[C@@H](NS(=O)(=O)c1ccccc1F)CCC2. The minimum atomic E-state index is -4.09. The number of amides is 1. The van der Waals surface area contributed by atoms with Crippen molar-refractivity contribution in [3.8, 4) is 0 Å². The third-order valence-electron chi connectivity index (χ3n) is 8.00. The van der Waals surface area contributed by atoms with Gasteiger partial charge in [0, 0.05) is 37.1 Å². The van der Waals surface area contributed by atoms with Crippen LogP contribution in [-0.4, -0.2) is 23.9 Å². The van der Waals surface area contributed by atoms with Gasteiger partial charge in [0.25, 0.3) is 0 Å². The highest BCUT2D eigenvalue weighted by Crippen LogP contribution is 2.49. The van der Waals surface area contributed by atoms with Gasteiger partial charge in [-0.2, -0.15) is 0 Å². The van der Waals surface area contributed by atoms with Crippen LogP contribution in [0.25, 0.3) is 0 Å². The van der Waals surface area contributed by atoms with E-state index < -0.39 is 21.9 Å². The number of aryl methyl sites for hydroxylation is 2. The van der Waals surface area contributed by atoms with Gasteiger partial charge in [-0.1, -0.05) is 48.5 Å². The number of aromatic nitrogens is 2. The second-order valence-electron chi connectivity index (χ2n) is 10.6. The molecule has 206 valence electrons. The zero-order valence-electron chi connectivity index (χ0n) is 22.2. The van der Waals surface area contributed by atoms with E-state index in [4.69, 9.17) is 0 Å². The van der Waals surface area contributed by atoms with Crippen LogP contribution in [-0.2, 0) is 34.8 Å². The summed E-state index contributed by atoms with van der Waals surface area (Å²) < 4.78 is 45.3. The maximum absolute atomic E-state index is 14.4. The van der Waals surface area contributed by atoms with Crippen LogP contribution in [0.2, 0.25) is 0 Å². The molecule has 0 spiro atoms. The lowest BCUT2D eigenvalue weighted by Crippen LogP contribution is -2.34. The lowest BCUT2D eigenvalue weighted by atomic mass is 9.87. The van der Waals surface area contributed by atoms with E-state index >= 15 is 0 Å². The number of fused-ring (bicyclic) bond motifs is 1. The van der Waals surface area contributed by atoms with Crippen molar-refractivity contribution < 1.29 is 17.6 Å². The van der Waals surface area contributed by atoms with Crippen LogP contribution < -0.4 is 9.62 Å². The normalized spacial score (nSPS) is 20.1. The molecule has 0 saturated heterocycles. The Bertz CT molecular complexity index is 1650. The Morgan fingerprint density at radius 3 is 2.62 bits per heavy atom. The molecule has 40 heavy (non-hydrogen) atoms. The predicted molar refractivity (Wildman–Crippen MR) is 151 cm³/mol. The number of nitrogens with zero attached hydrogens (tertiary/aromatic N) is 3. The predicted octanol–water partition coefficient (Wildman–Crippen LogP) is 5.25. The van der Waals surface area contributed by atoms with Gasteiger partial charge < -0.3 is 9.47 Å². The molecule has 6 rings (SSSR count). The van der Waals surface area contributed by atoms with Gasteiger partial charge >= 0.3 is 0 Å². The number of anilines is 1. The fourth-order valence-corrected chi connectivity index (χ4v) is 7.04. The summed E-state index contributed by atoms with van der Waals surface area (Å²) in [6.07, 6.45) is 6.53. The summed E-state index contributed by atoms with van der Waals surface area (Å²) in [5.74, 6) is 0.0319. The molecule has 3 atom stereocenters. The number of imidazole rings is 1. The first kappa shape index (κ1) is 26.4. The summed E-state index contributed by atoms with van der Waals surface area (Å²) in [7, 11) is -2.19. The second-order valence-corrected chi connectivity index (χ2v) is 12.3. The number of hydrogen-bond acceptors (Lipinski definition) is 4. The molecule has 0 bridgehead atoms. The molecule has 0 aliphatic heterocycles. The summed E-state index contributed by atoms with van der Waals surface area (Å²) in [6.45, 7) is 0.296. The van der Waals surface area contributed by atoms with Crippen LogP contribution in [0.15, 0.2) is 90.1 Å². The summed E-state index contributed by atoms with van der Waals surface area (Å²) in [4.78, 5) is 19.8. The van der Waals surface area contributed by atoms with E-state index in [1.165, 1.54) is 18.2 Å². The van der Waals surface area contributed by atoms with E-state index in [1.54, 1.807) is 11.1 Å². The molecule has 9 heteroatoms. The fraction of sp³-hybridized carbons (Fsp3) is 0.290. The molecule has 1 amide bonds. The zero-order chi connectivity index (χ0) is 27.9. The van der Waals surface area contributed by atoms with E-state index in [0.717, 1.165) is 47.8 Å². The number of benzene rings is 3. The third kappa shape index (κ3) is 5.19. The Balaban J connectivity index is 1.32. The van der Waals surface area contributed by atoms with Gasteiger partial charge in [0.2, 0.25) is 15.9 Å². The highest BCUT2D eigenvalue weighted by Gasteiger charge is 2.46. The van der Waals surface area contributed by atoms with Gasteiger partial charge in [0.05, 0.1) is 6.54 Å². The Morgan fingerprint density at radius 2 is 1.88 bits per heavy atom. The highest BCUT2D eigenvalue weighted by atomic mass is 32.2. The van der Waals surface area contributed by atoms with Crippen molar-refractivity contribution in [2.45, 2.75) is 49.1 Å². The first-order chi connectivity index (χ1) is 19.3. The largest absolute Gasteiger partial charge is 0.337 e. The highest BCUT2D eigenvalue weighted by molar-refractivity contribution is 7.89. The smallest absolute Gasteiger partial charge is 0.244 e. The van der Waals surface area contributed by atoms with Crippen molar-refractivity contribution in [2.75, 3.05) is 4.90 Å². The van der Waals surface area contributed by atoms with E-state index in [9.17, 15) is 17.6 Å². The van der Waals surface area contributed by atoms with Crippen LogP contribution in [0, 0.1) is 11.7 Å². The van der Waals surface area contributed by atoms with Gasteiger partial charge in [0.15, 0.2) is 0 Å². The molecule has 2 aliphatic rings. The second kappa shape index (κ2) is 10.6. The average molecular weight is 559 g/mol. The topological polar surface area (TPSA) is 84.3 Å². The molecule has 1 saturated carbocycles. The maximum atomic E-state index is 14.4. The molecule has 0 unspecified atom stereocenters. The Hall–Kier alpha value is -3.82. The number of carbonyl (C=O) groups is 1. The van der Waals surface area contributed by atoms with Crippen LogP contribution >= 0.6 is 0 Å². The molecule has 1 aromatic heterocycles. The Kier molecular flexibility index (Phi) is 7.02. The summed E-state index contributed by atoms with van der Waals surface area (Å²) in [6, 6.07) is 20.8. The summed E-state index contributed by atoms with van der Waals surface area (Å²) in [5, 5.41) is 0. The van der Waals surface area contributed by atoms with Crippen LogP contribution in [0.3, 0.4) is 0 Å². The monoisotopic (exact) mass is 558 g/mol. The van der Waals surface area contributed by atoms with Crippen molar-refractivity contribution in [2.24, 2.45) is 13.0 Å². The molecule has 3 aromatic carbocycles. The van der Waals surface area contributed by atoms with Gasteiger partial charge in [-0.3, -0.25) is 4.79 Å². The number of halogens is 1. The summed E-state index contributed by atoms with van der Waals surface area (Å²) in [5.41, 5.74) is 3.69. The average Bonchev–Trinajstić information content (AvgIpc) is 3.66.